The van der Waals surface area contributed by atoms with Crippen molar-refractivity contribution >= 4 is 17.9 Å². The fourth-order valence-electron chi connectivity index (χ4n) is 6.83. The van der Waals surface area contributed by atoms with Gasteiger partial charge in [-0.15, -0.1) is 0 Å². The molecule has 1 atom stereocenters. The predicted molar refractivity (Wildman–Crippen MR) is 265 cm³/mol. The average Bonchev–Trinajstić information content (AvgIpc) is 3.27. The number of allylic oxidation sites excluding steroid dienone is 14. The fourth-order valence-corrected chi connectivity index (χ4v) is 6.83. The minimum Gasteiger partial charge on any atom is -0.462 e. The van der Waals surface area contributed by atoms with Gasteiger partial charge in [0.15, 0.2) is 6.10 Å². The molecule has 354 valence electrons. The fraction of sp³-hybridized carbons (Fsp3) is 0.696. The van der Waals surface area contributed by atoms with E-state index in [-0.39, 0.29) is 31.1 Å². The van der Waals surface area contributed by atoms with Gasteiger partial charge in [-0.3, -0.25) is 14.4 Å². The molecule has 0 aromatic carbocycles. The van der Waals surface area contributed by atoms with E-state index < -0.39 is 6.10 Å². The summed E-state index contributed by atoms with van der Waals surface area (Å²) in [6.07, 6.45) is 64.1. The zero-order valence-corrected chi connectivity index (χ0v) is 40.4. The van der Waals surface area contributed by atoms with E-state index in [1.807, 2.05) is 18.2 Å². The van der Waals surface area contributed by atoms with Gasteiger partial charge < -0.3 is 14.2 Å². The number of hydrogen-bond acceptors (Lipinski definition) is 6. The van der Waals surface area contributed by atoms with Crippen LogP contribution >= 0.6 is 0 Å². The molecule has 0 aliphatic carbocycles. The lowest BCUT2D eigenvalue weighted by molar-refractivity contribution is -0.167. The van der Waals surface area contributed by atoms with Gasteiger partial charge in [-0.05, 0) is 96.3 Å². The quantitative estimate of drug-likeness (QED) is 0.0199. The Morgan fingerprint density at radius 1 is 0.355 bits per heavy atom. The van der Waals surface area contributed by atoms with Crippen LogP contribution in [0.2, 0.25) is 0 Å². The number of ether oxygens (including phenoxy) is 3. The first kappa shape index (κ1) is 58.6. The number of carbonyl (C=O) groups excluding carboxylic acids is 3. The third kappa shape index (κ3) is 47.6. The van der Waals surface area contributed by atoms with Crippen molar-refractivity contribution in [3.05, 3.63) is 85.1 Å². The van der Waals surface area contributed by atoms with Crippen LogP contribution in [0.25, 0.3) is 0 Å². The number of hydrogen-bond donors (Lipinski definition) is 0. The third-order valence-electron chi connectivity index (χ3n) is 10.7. The molecule has 0 aliphatic heterocycles. The molecule has 0 radical (unpaired) electrons. The van der Waals surface area contributed by atoms with Crippen molar-refractivity contribution in [3.8, 4) is 0 Å². The molecule has 0 saturated carbocycles. The highest BCUT2D eigenvalue weighted by atomic mass is 16.6. The standard InChI is InChI=1S/C56H94O6/c1-4-7-10-13-16-19-22-25-27-28-30-31-34-37-40-43-46-49-55(58)61-52-53(51-60-54(57)48-45-42-39-36-33-24-21-18-15-12-9-6-3)62-56(59)50-47-44-41-38-35-32-29-26-23-20-17-14-11-8-5-2/h8,11,14,16-21,23,25-27,29,53H,4-7,9-10,12-13,15,22,24,28,30-52H2,1-3H3/b11-8-,17-14-,19-16-,21-18-,23-20-,27-25-,29-26-. The molecule has 0 spiro atoms. The molecule has 0 aromatic heterocycles. The van der Waals surface area contributed by atoms with Crippen molar-refractivity contribution in [1.29, 1.82) is 0 Å². The van der Waals surface area contributed by atoms with Crippen molar-refractivity contribution in [3.63, 3.8) is 0 Å². The summed E-state index contributed by atoms with van der Waals surface area (Å²) in [6.45, 7) is 6.41. The second-order valence-electron chi connectivity index (χ2n) is 16.8. The number of carbonyl (C=O) groups is 3. The first-order chi connectivity index (χ1) is 30.5. The van der Waals surface area contributed by atoms with E-state index in [9.17, 15) is 14.4 Å². The first-order valence-corrected chi connectivity index (χ1v) is 25.6. The summed E-state index contributed by atoms with van der Waals surface area (Å²) in [5.41, 5.74) is 0. The van der Waals surface area contributed by atoms with E-state index in [1.54, 1.807) is 0 Å². The largest absolute Gasteiger partial charge is 0.462 e. The monoisotopic (exact) mass is 863 g/mol. The molecule has 0 N–H and O–H groups in total. The van der Waals surface area contributed by atoms with E-state index in [0.717, 1.165) is 103 Å². The van der Waals surface area contributed by atoms with Crippen molar-refractivity contribution in [2.24, 2.45) is 0 Å². The third-order valence-corrected chi connectivity index (χ3v) is 10.7. The zero-order chi connectivity index (χ0) is 45.1. The minimum atomic E-state index is -0.795. The molecular weight excluding hydrogens is 769 g/mol. The minimum absolute atomic E-state index is 0.0938. The second kappa shape index (κ2) is 50.2. The summed E-state index contributed by atoms with van der Waals surface area (Å²) in [4.78, 5) is 38.0. The normalized spacial score (nSPS) is 12.8. The lowest BCUT2D eigenvalue weighted by Crippen LogP contribution is -2.30. The van der Waals surface area contributed by atoms with Crippen LogP contribution in [0.15, 0.2) is 85.1 Å². The second-order valence-corrected chi connectivity index (χ2v) is 16.8. The number of esters is 3. The summed E-state index contributed by atoms with van der Waals surface area (Å²) in [6, 6.07) is 0. The highest BCUT2D eigenvalue weighted by Gasteiger charge is 2.19. The van der Waals surface area contributed by atoms with Crippen LogP contribution in [0, 0.1) is 0 Å². The van der Waals surface area contributed by atoms with Gasteiger partial charge in [0.2, 0.25) is 0 Å². The van der Waals surface area contributed by atoms with Crippen LogP contribution in [0.1, 0.15) is 233 Å². The Hall–Kier alpha value is -3.41. The molecule has 0 saturated heterocycles. The molecule has 0 bridgehead atoms. The zero-order valence-electron chi connectivity index (χ0n) is 40.4. The molecule has 0 amide bonds. The van der Waals surface area contributed by atoms with Crippen LogP contribution in [-0.4, -0.2) is 37.2 Å². The Bertz CT molecular complexity index is 1220. The van der Waals surface area contributed by atoms with E-state index >= 15 is 0 Å². The van der Waals surface area contributed by atoms with Crippen LogP contribution in [-0.2, 0) is 28.6 Å². The van der Waals surface area contributed by atoms with E-state index in [2.05, 4.69) is 87.6 Å². The molecule has 62 heavy (non-hydrogen) atoms. The van der Waals surface area contributed by atoms with Crippen LogP contribution < -0.4 is 0 Å². The van der Waals surface area contributed by atoms with Crippen molar-refractivity contribution < 1.29 is 28.6 Å². The van der Waals surface area contributed by atoms with Gasteiger partial charge in [-0.2, -0.15) is 0 Å². The topological polar surface area (TPSA) is 78.9 Å². The average molecular weight is 863 g/mol. The van der Waals surface area contributed by atoms with E-state index in [1.165, 1.54) is 89.9 Å². The van der Waals surface area contributed by atoms with Gasteiger partial charge in [-0.25, -0.2) is 0 Å². The Kier molecular flexibility index (Phi) is 47.5. The molecule has 0 aliphatic rings. The molecule has 0 aromatic rings. The highest BCUT2D eigenvalue weighted by Crippen LogP contribution is 2.14. The Morgan fingerprint density at radius 3 is 1.13 bits per heavy atom. The van der Waals surface area contributed by atoms with Gasteiger partial charge in [0.1, 0.15) is 13.2 Å². The summed E-state index contributed by atoms with van der Waals surface area (Å²) >= 11 is 0. The van der Waals surface area contributed by atoms with Crippen molar-refractivity contribution in [2.45, 2.75) is 239 Å². The summed E-state index contributed by atoms with van der Waals surface area (Å²) in [7, 11) is 0. The first-order valence-electron chi connectivity index (χ1n) is 25.6. The molecule has 0 fully saturated rings. The van der Waals surface area contributed by atoms with Gasteiger partial charge in [0.25, 0.3) is 0 Å². The summed E-state index contributed by atoms with van der Waals surface area (Å²) in [5.74, 6) is -0.935. The van der Waals surface area contributed by atoms with E-state index in [4.69, 9.17) is 14.2 Å². The maximum Gasteiger partial charge on any atom is 0.306 e. The summed E-state index contributed by atoms with van der Waals surface area (Å²) < 4.78 is 16.8. The van der Waals surface area contributed by atoms with Gasteiger partial charge >= 0.3 is 17.9 Å². The smallest absolute Gasteiger partial charge is 0.306 e. The van der Waals surface area contributed by atoms with Crippen molar-refractivity contribution in [2.75, 3.05) is 13.2 Å². The Balaban J connectivity index is 4.44. The van der Waals surface area contributed by atoms with Crippen LogP contribution in [0.4, 0.5) is 0 Å². The predicted octanol–water partition coefficient (Wildman–Crippen LogP) is 16.8. The van der Waals surface area contributed by atoms with E-state index in [0.29, 0.717) is 19.3 Å². The lowest BCUT2D eigenvalue weighted by Gasteiger charge is -2.18. The maximum atomic E-state index is 12.8. The number of rotatable bonds is 45. The van der Waals surface area contributed by atoms with Gasteiger partial charge in [0.05, 0.1) is 0 Å². The molecule has 0 rings (SSSR count). The van der Waals surface area contributed by atoms with Gasteiger partial charge in [0, 0.05) is 19.3 Å². The maximum absolute atomic E-state index is 12.8. The summed E-state index contributed by atoms with van der Waals surface area (Å²) in [5, 5.41) is 0. The molecule has 0 heterocycles. The molecule has 6 heteroatoms. The van der Waals surface area contributed by atoms with Crippen LogP contribution in [0.3, 0.4) is 0 Å². The molecule has 1 unspecified atom stereocenters. The SMILES string of the molecule is CC\C=C/C=C\C=C/C=C\CCCCCCCC(=O)OC(COC(=O)CCCCCCC/C=C\CCCCC)COC(=O)CCCCCCCCC/C=C\C/C=C\CCCCC. The highest BCUT2D eigenvalue weighted by molar-refractivity contribution is 5.71. The molecule has 6 nitrogen and oxygen atoms in total. The lowest BCUT2D eigenvalue weighted by atomic mass is 10.1. The molecular formula is C56H94O6. The Morgan fingerprint density at radius 2 is 0.694 bits per heavy atom. The number of unbranched alkanes of at least 4 members (excludes halogenated alkanes) is 23. The van der Waals surface area contributed by atoms with Gasteiger partial charge in [-0.1, -0.05) is 202 Å². The van der Waals surface area contributed by atoms with Crippen molar-refractivity contribution in [1.82, 2.24) is 0 Å². The van der Waals surface area contributed by atoms with Crippen LogP contribution in [0.5, 0.6) is 0 Å². The Labute approximate surface area is 382 Å².